The van der Waals surface area contributed by atoms with Crippen LogP contribution < -0.4 is 5.32 Å². The second-order valence-electron chi connectivity index (χ2n) is 4.78. The van der Waals surface area contributed by atoms with Gasteiger partial charge in [0.2, 0.25) is 5.91 Å². The maximum atomic E-state index is 11.0. The summed E-state index contributed by atoms with van der Waals surface area (Å²) in [5.41, 5.74) is 2.76. The first kappa shape index (κ1) is 15.7. The average Bonchev–Trinajstić information content (AvgIpc) is 2.49. The Morgan fingerprint density at radius 2 is 2.05 bits per heavy atom. The molecule has 0 radical (unpaired) electrons. The molecule has 0 unspecified atom stereocenters. The first-order valence-corrected chi connectivity index (χ1v) is 6.71. The van der Waals surface area contributed by atoms with Crippen molar-refractivity contribution in [3.63, 3.8) is 0 Å². The lowest BCUT2D eigenvalue weighted by Crippen LogP contribution is -2.04. The molecule has 1 aromatic carbocycles. The van der Waals surface area contributed by atoms with Gasteiger partial charge >= 0.3 is 0 Å². The van der Waals surface area contributed by atoms with Crippen LogP contribution in [0.1, 0.15) is 23.7 Å². The predicted molar refractivity (Wildman–Crippen MR) is 84.6 cm³/mol. The van der Waals surface area contributed by atoms with E-state index in [4.69, 9.17) is 0 Å². The van der Waals surface area contributed by atoms with E-state index in [2.05, 4.69) is 15.3 Å². The molecule has 1 aromatic heterocycles. The fourth-order valence-electron chi connectivity index (χ4n) is 1.90. The second-order valence-corrected chi connectivity index (χ2v) is 4.78. The molecule has 0 aliphatic rings. The molecule has 0 aliphatic carbocycles. The fraction of sp³-hybridized carbons (Fsp3) is 0.188. The summed E-state index contributed by atoms with van der Waals surface area (Å²) in [6, 6.07) is 6.95. The number of amides is 1. The van der Waals surface area contributed by atoms with Crippen LogP contribution in [-0.4, -0.2) is 27.3 Å². The molecule has 6 heteroatoms. The molecule has 2 aromatic rings. The Morgan fingerprint density at radius 1 is 1.36 bits per heavy atom. The summed E-state index contributed by atoms with van der Waals surface area (Å²) < 4.78 is 0. The highest BCUT2D eigenvalue weighted by Gasteiger charge is 2.09. The summed E-state index contributed by atoms with van der Waals surface area (Å²) in [6.07, 6.45) is 3.00. The molecule has 0 bridgehead atoms. The number of nitrogens with zero attached hydrogens (tertiary/aromatic N) is 2. The molecule has 1 heterocycles. The van der Waals surface area contributed by atoms with Crippen LogP contribution in [0.5, 0.6) is 5.75 Å². The molecule has 0 aliphatic heterocycles. The van der Waals surface area contributed by atoms with E-state index in [-0.39, 0.29) is 18.3 Å². The predicted octanol–water partition coefficient (Wildman–Crippen LogP) is 2.30. The third-order valence-corrected chi connectivity index (χ3v) is 3.06. The van der Waals surface area contributed by atoms with Crippen molar-refractivity contribution in [1.29, 1.82) is 0 Å². The lowest BCUT2D eigenvalue weighted by Gasteiger charge is -2.07. The van der Waals surface area contributed by atoms with Gasteiger partial charge < -0.3 is 15.5 Å². The molecule has 3 N–H and O–H groups in total. The Bertz CT molecular complexity index is 709. The molecule has 0 fully saturated rings. The van der Waals surface area contributed by atoms with Gasteiger partial charge in [-0.1, -0.05) is 0 Å². The number of aryl methyl sites for hydroxylation is 1. The highest BCUT2D eigenvalue weighted by molar-refractivity contribution is 5.89. The lowest BCUT2D eigenvalue weighted by atomic mass is 10.1. The van der Waals surface area contributed by atoms with Gasteiger partial charge in [0.05, 0.1) is 18.0 Å². The summed E-state index contributed by atoms with van der Waals surface area (Å²) in [7, 11) is 0. The quantitative estimate of drug-likeness (QED) is 0.755. The third kappa shape index (κ3) is 3.67. The number of aromatic nitrogens is 1. The number of hydrogen-bond donors (Lipinski definition) is 3. The number of carbonyl (C=O) groups is 1. The van der Waals surface area contributed by atoms with Gasteiger partial charge in [0, 0.05) is 36.1 Å². The molecule has 0 atom stereocenters. The Morgan fingerprint density at radius 3 is 2.64 bits per heavy atom. The van der Waals surface area contributed by atoms with Gasteiger partial charge in [-0.2, -0.15) is 0 Å². The van der Waals surface area contributed by atoms with Gasteiger partial charge in [-0.3, -0.25) is 14.8 Å². The van der Waals surface area contributed by atoms with Crippen molar-refractivity contribution in [2.45, 2.75) is 20.5 Å². The summed E-state index contributed by atoms with van der Waals surface area (Å²) in [5.74, 6) is -0.133. The zero-order valence-electron chi connectivity index (χ0n) is 12.4. The van der Waals surface area contributed by atoms with Crippen molar-refractivity contribution in [2.24, 2.45) is 4.99 Å². The Hall–Kier alpha value is -2.73. The number of carbonyl (C=O) groups excluding carboxylic acids is 1. The van der Waals surface area contributed by atoms with E-state index >= 15 is 0 Å². The molecular formula is C16H17N3O3. The van der Waals surface area contributed by atoms with E-state index in [1.807, 2.05) is 0 Å². The number of aliphatic imine (C=N–C) groups is 1. The number of hydrogen-bond acceptors (Lipinski definition) is 5. The van der Waals surface area contributed by atoms with Crippen LogP contribution in [0.2, 0.25) is 0 Å². The van der Waals surface area contributed by atoms with Gasteiger partial charge in [0.15, 0.2) is 0 Å². The number of aliphatic hydroxyl groups is 1. The SMILES string of the molecule is CC(=O)Nc1ccc(N=Cc2c(CO)cnc(C)c2O)cc1. The Labute approximate surface area is 128 Å². The molecule has 22 heavy (non-hydrogen) atoms. The number of nitrogens with one attached hydrogen (secondary N) is 1. The normalized spacial score (nSPS) is 10.9. The van der Waals surface area contributed by atoms with Crippen LogP contribution in [-0.2, 0) is 11.4 Å². The van der Waals surface area contributed by atoms with E-state index in [1.54, 1.807) is 31.2 Å². The van der Waals surface area contributed by atoms with E-state index in [0.29, 0.717) is 28.2 Å². The average molecular weight is 299 g/mol. The maximum absolute atomic E-state index is 11.0. The minimum Gasteiger partial charge on any atom is -0.505 e. The van der Waals surface area contributed by atoms with Crippen LogP contribution in [0.25, 0.3) is 0 Å². The minimum atomic E-state index is -0.232. The molecule has 0 saturated carbocycles. The van der Waals surface area contributed by atoms with Crippen molar-refractivity contribution in [1.82, 2.24) is 4.98 Å². The Balaban J connectivity index is 2.25. The number of rotatable bonds is 4. The van der Waals surface area contributed by atoms with E-state index < -0.39 is 0 Å². The number of aromatic hydroxyl groups is 1. The van der Waals surface area contributed by atoms with Gasteiger partial charge in [0.1, 0.15) is 5.75 Å². The summed E-state index contributed by atoms with van der Waals surface area (Å²) in [4.78, 5) is 19.2. The molecule has 6 nitrogen and oxygen atoms in total. The van der Waals surface area contributed by atoms with Gasteiger partial charge in [-0.05, 0) is 31.2 Å². The first-order valence-electron chi connectivity index (χ1n) is 6.71. The molecule has 0 spiro atoms. The molecular weight excluding hydrogens is 282 g/mol. The van der Waals surface area contributed by atoms with Crippen LogP contribution in [0.4, 0.5) is 11.4 Å². The summed E-state index contributed by atoms with van der Waals surface area (Å²) in [5, 5.41) is 22.0. The summed E-state index contributed by atoms with van der Waals surface area (Å²) >= 11 is 0. The monoisotopic (exact) mass is 299 g/mol. The zero-order valence-corrected chi connectivity index (χ0v) is 12.4. The van der Waals surface area contributed by atoms with Gasteiger partial charge in [-0.15, -0.1) is 0 Å². The molecule has 114 valence electrons. The van der Waals surface area contributed by atoms with Gasteiger partial charge in [-0.25, -0.2) is 0 Å². The van der Waals surface area contributed by atoms with E-state index in [1.165, 1.54) is 19.3 Å². The molecule has 2 rings (SSSR count). The minimum absolute atomic E-state index is 0.00478. The zero-order chi connectivity index (χ0) is 16.1. The lowest BCUT2D eigenvalue weighted by molar-refractivity contribution is -0.114. The van der Waals surface area contributed by atoms with Crippen LogP contribution in [0.3, 0.4) is 0 Å². The topological polar surface area (TPSA) is 94.8 Å². The number of pyridine rings is 1. The fourth-order valence-corrected chi connectivity index (χ4v) is 1.90. The van der Waals surface area contributed by atoms with E-state index in [9.17, 15) is 15.0 Å². The third-order valence-electron chi connectivity index (χ3n) is 3.06. The van der Waals surface area contributed by atoms with Crippen molar-refractivity contribution in [3.8, 4) is 5.75 Å². The number of aliphatic hydroxyl groups excluding tert-OH is 1. The molecule has 1 amide bonds. The largest absolute Gasteiger partial charge is 0.505 e. The highest BCUT2D eigenvalue weighted by Crippen LogP contribution is 2.23. The second kappa shape index (κ2) is 6.82. The van der Waals surface area contributed by atoms with Crippen molar-refractivity contribution in [3.05, 3.63) is 47.3 Å². The van der Waals surface area contributed by atoms with Crippen molar-refractivity contribution in [2.75, 3.05) is 5.32 Å². The molecule has 0 saturated heterocycles. The maximum Gasteiger partial charge on any atom is 0.221 e. The standard InChI is InChI=1S/C16H17N3O3/c1-10-16(22)15(12(9-20)7-17-10)8-18-13-3-5-14(6-4-13)19-11(2)21/h3-8,20,22H,9H2,1-2H3,(H,19,21). The highest BCUT2D eigenvalue weighted by atomic mass is 16.3. The van der Waals surface area contributed by atoms with Gasteiger partial charge in [0.25, 0.3) is 0 Å². The van der Waals surface area contributed by atoms with Crippen LogP contribution in [0, 0.1) is 6.92 Å². The van der Waals surface area contributed by atoms with E-state index in [0.717, 1.165) is 0 Å². The Kier molecular flexibility index (Phi) is 4.85. The van der Waals surface area contributed by atoms with Crippen molar-refractivity contribution >= 4 is 23.5 Å². The number of anilines is 1. The van der Waals surface area contributed by atoms with Crippen LogP contribution >= 0.6 is 0 Å². The first-order chi connectivity index (χ1) is 10.5. The summed E-state index contributed by atoms with van der Waals surface area (Å²) in [6.45, 7) is 2.89. The van der Waals surface area contributed by atoms with Crippen LogP contribution in [0.15, 0.2) is 35.5 Å². The smallest absolute Gasteiger partial charge is 0.221 e. The number of benzene rings is 1. The van der Waals surface area contributed by atoms with Crippen molar-refractivity contribution < 1.29 is 15.0 Å².